The molecular formula is C25H36N4O5. The number of nitrogens with one attached hydrogen (secondary N) is 3. The topological polar surface area (TPSA) is 128 Å². The highest BCUT2D eigenvalue weighted by Gasteiger charge is 2.25. The number of unbranched alkanes of at least 4 members (excludes halogenated alkanes) is 3. The maximum atomic E-state index is 12.8. The summed E-state index contributed by atoms with van der Waals surface area (Å²) in [6.07, 6.45) is 6.00. The minimum atomic E-state index is -0.710. The predicted octanol–water partition coefficient (Wildman–Crippen LogP) is 1.72. The number of imide groups is 1. The van der Waals surface area contributed by atoms with Crippen molar-refractivity contribution in [1.29, 1.82) is 0 Å². The van der Waals surface area contributed by atoms with Crippen LogP contribution in [0, 0.1) is 5.92 Å². The highest BCUT2D eigenvalue weighted by molar-refractivity contribution is 6.12. The fraction of sp³-hybridized carbons (Fsp3) is 0.520. The molecule has 0 aromatic heterocycles. The second kappa shape index (κ2) is 13.6. The van der Waals surface area contributed by atoms with Gasteiger partial charge in [0.25, 0.3) is 11.8 Å². The Morgan fingerprint density at radius 1 is 0.912 bits per heavy atom. The van der Waals surface area contributed by atoms with Crippen molar-refractivity contribution < 1.29 is 24.3 Å². The van der Waals surface area contributed by atoms with Crippen LogP contribution in [-0.2, 0) is 25.8 Å². The molecule has 1 unspecified atom stereocenters. The van der Waals surface area contributed by atoms with Gasteiger partial charge in [-0.15, -0.1) is 0 Å². The van der Waals surface area contributed by atoms with Crippen molar-refractivity contribution in [3.63, 3.8) is 0 Å². The maximum absolute atomic E-state index is 12.8. The molecule has 1 aliphatic heterocycles. The highest BCUT2D eigenvalue weighted by Crippen LogP contribution is 2.11. The molecule has 4 amide bonds. The molecule has 0 fully saturated rings. The number of carbonyl (C=O) groups excluding carboxylic acids is 4. The summed E-state index contributed by atoms with van der Waals surface area (Å²) in [4.78, 5) is 49.5. The number of rotatable bonds is 14. The number of benzene rings is 1. The number of nitrogens with zero attached hydrogens (tertiary/aromatic N) is 1. The minimum absolute atomic E-state index is 0.0426. The Balaban J connectivity index is 1.68. The molecule has 1 heterocycles. The van der Waals surface area contributed by atoms with Crippen molar-refractivity contribution in [2.75, 3.05) is 18.4 Å². The molecule has 0 spiro atoms. The van der Waals surface area contributed by atoms with E-state index in [1.54, 1.807) is 31.2 Å². The molecule has 9 heteroatoms. The van der Waals surface area contributed by atoms with Crippen molar-refractivity contribution in [1.82, 2.24) is 15.5 Å². The van der Waals surface area contributed by atoms with Gasteiger partial charge in [-0.1, -0.05) is 38.8 Å². The van der Waals surface area contributed by atoms with E-state index in [-0.39, 0.29) is 36.2 Å². The van der Waals surface area contributed by atoms with Crippen LogP contribution in [0.5, 0.6) is 0 Å². The summed E-state index contributed by atoms with van der Waals surface area (Å²) < 4.78 is 0. The van der Waals surface area contributed by atoms with E-state index in [1.807, 2.05) is 13.8 Å². The molecule has 34 heavy (non-hydrogen) atoms. The number of hydrogen-bond acceptors (Lipinski definition) is 6. The summed E-state index contributed by atoms with van der Waals surface area (Å²) in [5, 5.41) is 17.9. The van der Waals surface area contributed by atoms with Crippen molar-refractivity contribution in [3.05, 3.63) is 42.0 Å². The third kappa shape index (κ3) is 8.39. The Hall–Kier alpha value is -3.04. The Bertz CT molecular complexity index is 864. The maximum Gasteiger partial charge on any atom is 0.253 e. The third-order valence-electron chi connectivity index (χ3n) is 5.68. The van der Waals surface area contributed by atoms with Gasteiger partial charge >= 0.3 is 0 Å². The van der Waals surface area contributed by atoms with E-state index < -0.39 is 12.1 Å². The quantitative estimate of drug-likeness (QED) is 0.241. The van der Waals surface area contributed by atoms with E-state index in [0.29, 0.717) is 18.8 Å². The fourth-order valence-electron chi connectivity index (χ4n) is 3.60. The summed E-state index contributed by atoms with van der Waals surface area (Å²) in [6, 6.07) is 5.71. The van der Waals surface area contributed by atoms with E-state index >= 15 is 0 Å². The Morgan fingerprint density at radius 2 is 1.53 bits per heavy atom. The average Bonchev–Trinajstić information content (AvgIpc) is 3.12. The van der Waals surface area contributed by atoms with Crippen LogP contribution in [0.15, 0.2) is 36.4 Å². The smallest absolute Gasteiger partial charge is 0.253 e. The molecule has 186 valence electrons. The summed E-state index contributed by atoms with van der Waals surface area (Å²) in [5.41, 5.74) is 1.34. The summed E-state index contributed by atoms with van der Waals surface area (Å²) in [5.74, 6) is -1.01. The zero-order valence-corrected chi connectivity index (χ0v) is 20.2. The molecule has 1 aromatic rings. The van der Waals surface area contributed by atoms with E-state index in [2.05, 4.69) is 16.0 Å². The van der Waals surface area contributed by atoms with E-state index in [1.165, 1.54) is 17.1 Å². The van der Waals surface area contributed by atoms with Crippen LogP contribution in [0.1, 0.15) is 52.0 Å². The van der Waals surface area contributed by atoms with Gasteiger partial charge in [0.05, 0.1) is 12.6 Å². The summed E-state index contributed by atoms with van der Waals surface area (Å²) in [6.45, 7) is 6.55. The molecule has 0 radical (unpaired) electrons. The molecule has 0 saturated heterocycles. The molecule has 2 rings (SSSR count). The van der Waals surface area contributed by atoms with Crippen LogP contribution in [0.4, 0.5) is 5.69 Å². The van der Waals surface area contributed by atoms with Crippen LogP contribution in [0.2, 0.25) is 0 Å². The Labute approximate surface area is 201 Å². The van der Waals surface area contributed by atoms with Gasteiger partial charge in [-0.3, -0.25) is 24.1 Å². The Morgan fingerprint density at radius 3 is 2.12 bits per heavy atom. The second-order valence-electron chi connectivity index (χ2n) is 8.83. The highest BCUT2D eigenvalue weighted by atomic mass is 16.3. The summed E-state index contributed by atoms with van der Waals surface area (Å²) >= 11 is 0. The van der Waals surface area contributed by atoms with Gasteiger partial charge in [0.2, 0.25) is 11.8 Å². The normalized spacial score (nSPS) is 15.0. The lowest BCUT2D eigenvalue weighted by Crippen LogP contribution is -2.52. The van der Waals surface area contributed by atoms with Gasteiger partial charge in [0.1, 0.15) is 6.04 Å². The first kappa shape index (κ1) is 27.2. The van der Waals surface area contributed by atoms with Crippen LogP contribution < -0.4 is 16.0 Å². The first-order valence-corrected chi connectivity index (χ1v) is 11.8. The molecular weight excluding hydrogens is 436 g/mol. The standard InChI is InChI=1S/C25H36N4O5/c1-17(2)23(26-14-6-4-5-7-15-29-21(31)12-13-22(29)32)25(34)27-18(3)24(33)28-20-10-8-19(16-30)9-11-20/h8-13,17-18,23,26,30H,4-7,14-16H2,1-3H3,(H,27,34)(H,28,33)/t18-,23?/m0/s1. The van der Waals surface area contributed by atoms with Gasteiger partial charge < -0.3 is 21.1 Å². The van der Waals surface area contributed by atoms with E-state index in [4.69, 9.17) is 5.11 Å². The Kier molecular flexibility index (Phi) is 10.9. The lowest BCUT2D eigenvalue weighted by molar-refractivity contribution is -0.136. The fourth-order valence-corrected chi connectivity index (χ4v) is 3.60. The van der Waals surface area contributed by atoms with Gasteiger partial charge in [-0.25, -0.2) is 0 Å². The third-order valence-corrected chi connectivity index (χ3v) is 5.68. The summed E-state index contributed by atoms with van der Waals surface area (Å²) in [7, 11) is 0. The number of anilines is 1. The van der Waals surface area contributed by atoms with Crippen LogP contribution in [-0.4, -0.2) is 58.8 Å². The lowest BCUT2D eigenvalue weighted by Gasteiger charge is -2.24. The lowest BCUT2D eigenvalue weighted by atomic mass is 10.0. The number of carbonyl (C=O) groups is 4. The molecule has 4 N–H and O–H groups in total. The molecule has 0 aliphatic carbocycles. The van der Waals surface area contributed by atoms with Gasteiger partial charge in [0.15, 0.2) is 0 Å². The van der Waals surface area contributed by atoms with Gasteiger partial charge in [0, 0.05) is 24.4 Å². The zero-order valence-electron chi connectivity index (χ0n) is 20.2. The van der Waals surface area contributed by atoms with Gasteiger partial charge in [-0.2, -0.15) is 0 Å². The largest absolute Gasteiger partial charge is 0.392 e. The number of aliphatic hydroxyl groups excluding tert-OH is 1. The monoisotopic (exact) mass is 472 g/mol. The number of aliphatic hydroxyl groups is 1. The van der Waals surface area contributed by atoms with Crippen molar-refractivity contribution in [3.8, 4) is 0 Å². The molecule has 0 saturated carbocycles. The van der Waals surface area contributed by atoms with E-state index in [0.717, 1.165) is 31.2 Å². The second-order valence-corrected chi connectivity index (χ2v) is 8.83. The first-order chi connectivity index (χ1) is 16.2. The average molecular weight is 473 g/mol. The van der Waals surface area contributed by atoms with Crippen molar-refractivity contribution >= 4 is 29.3 Å². The minimum Gasteiger partial charge on any atom is -0.392 e. The number of hydrogen-bond donors (Lipinski definition) is 4. The molecule has 1 aliphatic rings. The predicted molar refractivity (Wildman–Crippen MR) is 130 cm³/mol. The zero-order chi connectivity index (χ0) is 25.1. The van der Waals surface area contributed by atoms with Crippen LogP contribution in [0.25, 0.3) is 0 Å². The molecule has 1 aromatic carbocycles. The van der Waals surface area contributed by atoms with E-state index in [9.17, 15) is 19.2 Å². The number of amides is 4. The van der Waals surface area contributed by atoms with Crippen LogP contribution in [0.3, 0.4) is 0 Å². The molecule has 0 bridgehead atoms. The first-order valence-electron chi connectivity index (χ1n) is 11.8. The van der Waals surface area contributed by atoms with Crippen LogP contribution >= 0.6 is 0 Å². The van der Waals surface area contributed by atoms with Crippen molar-refractivity contribution in [2.45, 2.75) is 65.1 Å². The SMILES string of the molecule is CC(C)C(NCCCCCCN1C(=O)C=CC1=O)C(=O)N[C@@H](C)C(=O)Nc1ccc(CO)cc1. The van der Waals surface area contributed by atoms with Gasteiger partial charge in [-0.05, 0) is 49.9 Å². The molecule has 9 nitrogen and oxygen atoms in total. The van der Waals surface area contributed by atoms with Crippen molar-refractivity contribution in [2.24, 2.45) is 5.92 Å². The molecule has 2 atom stereocenters.